The minimum Gasteiger partial charge on any atom is -0.490 e. The van der Waals surface area contributed by atoms with Gasteiger partial charge in [-0.25, -0.2) is 17.9 Å². The predicted molar refractivity (Wildman–Crippen MR) is 121 cm³/mol. The Kier molecular flexibility index (Phi) is 5.62. The number of carbonyl (C=O) groups excluding carboxylic acids is 2. The van der Waals surface area contributed by atoms with E-state index in [2.05, 4.69) is 10.0 Å². The van der Waals surface area contributed by atoms with Crippen molar-refractivity contribution in [2.45, 2.75) is 61.6 Å². The Bertz CT molecular complexity index is 1170. The van der Waals surface area contributed by atoms with Crippen LogP contribution in [0.15, 0.2) is 53.4 Å². The van der Waals surface area contributed by atoms with Crippen LogP contribution in [-0.2, 0) is 26.9 Å². The molecule has 3 fully saturated rings. The molecule has 2 aromatic carbocycles. The van der Waals surface area contributed by atoms with E-state index in [0.717, 1.165) is 36.8 Å². The Morgan fingerprint density at radius 1 is 1.06 bits per heavy atom. The fourth-order valence-corrected chi connectivity index (χ4v) is 6.05. The zero-order chi connectivity index (χ0) is 23.1. The maximum absolute atomic E-state index is 13.2. The van der Waals surface area contributed by atoms with Crippen LogP contribution in [-0.4, -0.2) is 37.9 Å². The Labute approximate surface area is 193 Å². The second kappa shape index (κ2) is 8.46. The van der Waals surface area contributed by atoms with E-state index in [-0.39, 0.29) is 23.5 Å². The van der Waals surface area contributed by atoms with Gasteiger partial charge in [0.1, 0.15) is 12.3 Å². The summed E-state index contributed by atoms with van der Waals surface area (Å²) in [6.07, 6.45) is 5.90. The zero-order valence-corrected chi connectivity index (χ0v) is 19.1. The van der Waals surface area contributed by atoms with Gasteiger partial charge in [-0.2, -0.15) is 0 Å². The van der Waals surface area contributed by atoms with E-state index in [1.54, 1.807) is 24.3 Å². The number of amides is 3. The van der Waals surface area contributed by atoms with Crippen LogP contribution < -0.4 is 14.8 Å². The second-order valence-corrected chi connectivity index (χ2v) is 10.8. The number of sulfonamides is 1. The average Bonchev–Trinajstić information content (AvgIpc) is 3.22. The molecule has 0 unspecified atom stereocenters. The molecule has 0 spiro atoms. The summed E-state index contributed by atoms with van der Waals surface area (Å²) in [5.74, 6) is 0.282. The standard InChI is InChI=1S/C24H27N3O5S/c28-22-16-27(23(29)25-22)15-17-8-10-18(11-9-17)24(12-13-24)26-33(30,31)21-7-3-6-20(14-21)32-19-4-1-2-5-19/h3,6-11,14,19,26H,1-2,4-5,12-13,15-16H2,(H,25,28,29). The molecule has 3 aliphatic rings. The first-order chi connectivity index (χ1) is 15.8. The van der Waals surface area contributed by atoms with Crippen LogP contribution >= 0.6 is 0 Å². The summed E-state index contributed by atoms with van der Waals surface area (Å²) < 4.78 is 35.2. The topological polar surface area (TPSA) is 105 Å². The Balaban J connectivity index is 1.27. The number of ether oxygens (including phenoxy) is 1. The van der Waals surface area contributed by atoms with Gasteiger partial charge in [-0.15, -0.1) is 0 Å². The van der Waals surface area contributed by atoms with Crippen LogP contribution in [0, 0.1) is 0 Å². The molecule has 2 aromatic rings. The van der Waals surface area contributed by atoms with E-state index < -0.39 is 21.6 Å². The SMILES string of the molecule is O=C1CN(Cc2ccc(C3(NS(=O)(=O)c4cccc(OC5CCCC5)c4)CC3)cc2)C(=O)N1. The molecule has 2 aliphatic carbocycles. The molecular formula is C24H27N3O5S. The fourth-order valence-electron chi connectivity index (χ4n) is 4.56. The lowest BCUT2D eigenvalue weighted by Gasteiger charge is -2.20. The van der Waals surface area contributed by atoms with Gasteiger partial charge in [-0.1, -0.05) is 30.3 Å². The predicted octanol–water partition coefficient (Wildman–Crippen LogP) is 3.03. The molecule has 9 heteroatoms. The lowest BCUT2D eigenvalue weighted by molar-refractivity contribution is -0.118. The van der Waals surface area contributed by atoms with Gasteiger partial charge in [0.25, 0.3) is 0 Å². The molecule has 1 aliphatic heterocycles. The number of urea groups is 1. The molecule has 0 atom stereocenters. The molecule has 0 radical (unpaired) electrons. The molecule has 3 amide bonds. The van der Waals surface area contributed by atoms with Crippen LogP contribution in [0.25, 0.3) is 0 Å². The smallest absolute Gasteiger partial charge is 0.324 e. The molecule has 0 bridgehead atoms. The molecule has 2 saturated carbocycles. The van der Waals surface area contributed by atoms with Gasteiger partial charge in [0.05, 0.1) is 16.5 Å². The highest BCUT2D eigenvalue weighted by Gasteiger charge is 2.47. The minimum atomic E-state index is -3.73. The summed E-state index contributed by atoms with van der Waals surface area (Å²) >= 11 is 0. The maximum Gasteiger partial charge on any atom is 0.324 e. The zero-order valence-electron chi connectivity index (χ0n) is 18.2. The van der Waals surface area contributed by atoms with Gasteiger partial charge >= 0.3 is 6.03 Å². The lowest BCUT2D eigenvalue weighted by Crippen LogP contribution is -2.35. The van der Waals surface area contributed by atoms with E-state index >= 15 is 0 Å². The molecule has 8 nitrogen and oxygen atoms in total. The summed E-state index contributed by atoms with van der Waals surface area (Å²) in [5, 5.41) is 2.26. The number of nitrogens with one attached hydrogen (secondary N) is 2. The quantitative estimate of drug-likeness (QED) is 0.579. The molecule has 5 rings (SSSR count). The van der Waals surface area contributed by atoms with Crippen molar-refractivity contribution in [2.75, 3.05) is 6.54 Å². The van der Waals surface area contributed by atoms with Crippen LogP contribution in [0.1, 0.15) is 49.7 Å². The van der Waals surface area contributed by atoms with Crippen molar-refractivity contribution in [3.63, 3.8) is 0 Å². The summed E-state index contributed by atoms with van der Waals surface area (Å²) in [5.41, 5.74) is 1.13. The van der Waals surface area contributed by atoms with Crippen LogP contribution in [0.5, 0.6) is 5.75 Å². The van der Waals surface area contributed by atoms with Crippen molar-refractivity contribution in [3.05, 3.63) is 59.7 Å². The monoisotopic (exact) mass is 469 g/mol. The molecule has 1 saturated heterocycles. The third-order valence-electron chi connectivity index (χ3n) is 6.55. The van der Waals surface area contributed by atoms with Crippen molar-refractivity contribution in [1.82, 2.24) is 14.9 Å². The number of carbonyl (C=O) groups is 2. The third kappa shape index (κ3) is 4.74. The largest absolute Gasteiger partial charge is 0.490 e. The average molecular weight is 470 g/mol. The molecule has 33 heavy (non-hydrogen) atoms. The van der Waals surface area contributed by atoms with Crippen molar-refractivity contribution in [1.29, 1.82) is 0 Å². The number of imide groups is 1. The van der Waals surface area contributed by atoms with Gasteiger partial charge in [-0.3, -0.25) is 10.1 Å². The first kappa shape index (κ1) is 21.9. The van der Waals surface area contributed by atoms with Crippen LogP contribution in [0.4, 0.5) is 4.79 Å². The van der Waals surface area contributed by atoms with Gasteiger partial charge < -0.3 is 9.64 Å². The van der Waals surface area contributed by atoms with Gasteiger partial charge in [0, 0.05) is 12.6 Å². The van der Waals surface area contributed by atoms with Crippen molar-refractivity contribution < 1.29 is 22.7 Å². The third-order valence-corrected chi connectivity index (χ3v) is 8.08. The van der Waals surface area contributed by atoms with Gasteiger partial charge in [0.15, 0.2) is 0 Å². The number of nitrogens with zero attached hydrogens (tertiary/aromatic N) is 1. The molecule has 1 heterocycles. The summed E-state index contributed by atoms with van der Waals surface area (Å²) in [6, 6.07) is 13.8. The Morgan fingerprint density at radius 3 is 2.42 bits per heavy atom. The second-order valence-electron chi connectivity index (χ2n) is 9.09. The van der Waals surface area contributed by atoms with Gasteiger partial charge in [0.2, 0.25) is 15.9 Å². The van der Waals surface area contributed by atoms with E-state index in [1.165, 1.54) is 4.90 Å². The van der Waals surface area contributed by atoms with E-state index in [0.29, 0.717) is 25.1 Å². The van der Waals surface area contributed by atoms with Crippen LogP contribution in [0.2, 0.25) is 0 Å². The lowest BCUT2D eigenvalue weighted by atomic mass is 10.0. The first-order valence-corrected chi connectivity index (χ1v) is 12.8. The van der Waals surface area contributed by atoms with Crippen molar-refractivity contribution in [2.24, 2.45) is 0 Å². The number of hydrogen-bond donors (Lipinski definition) is 2. The highest BCUT2D eigenvalue weighted by molar-refractivity contribution is 7.89. The minimum absolute atomic E-state index is 0.0495. The molecular weight excluding hydrogens is 442 g/mol. The number of hydrogen-bond acceptors (Lipinski definition) is 5. The molecule has 174 valence electrons. The van der Waals surface area contributed by atoms with Crippen LogP contribution in [0.3, 0.4) is 0 Å². The number of benzene rings is 2. The fraction of sp³-hybridized carbons (Fsp3) is 0.417. The normalized spacial score (nSPS) is 20.2. The maximum atomic E-state index is 13.2. The van der Waals surface area contributed by atoms with E-state index in [9.17, 15) is 18.0 Å². The Morgan fingerprint density at radius 2 is 1.79 bits per heavy atom. The summed E-state index contributed by atoms with van der Waals surface area (Å²) in [4.78, 5) is 24.7. The highest BCUT2D eigenvalue weighted by Crippen LogP contribution is 2.46. The van der Waals surface area contributed by atoms with Gasteiger partial charge in [-0.05, 0) is 61.8 Å². The first-order valence-electron chi connectivity index (χ1n) is 11.3. The molecule has 0 aromatic heterocycles. The summed E-state index contributed by atoms with van der Waals surface area (Å²) in [7, 11) is -3.73. The van der Waals surface area contributed by atoms with Crippen molar-refractivity contribution in [3.8, 4) is 5.75 Å². The highest BCUT2D eigenvalue weighted by atomic mass is 32.2. The van der Waals surface area contributed by atoms with E-state index in [1.807, 2.05) is 24.3 Å². The summed E-state index contributed by atoms with van der Waals surface area (Å²) in [6.45, 7) is 0.373. The van der Waals surface area contributed by atoms with E-state index in [4.69, 9.17) is 4.74 Å². The molecule has 2 N–H and O–H groups in total. The van der Waals surface area contributed by atoms with Crippen molar-refractivity contribution >= 4 is 22.0 Å². The Hall–Kier alpha value is -2.91. The number of rotatable bonds is 8.